The Kier molecular flexibility index (Phi) is 7.41. The van der Waals surface area contributed by atoms with Gasteiger partial charge in [0.1, 0.15) is 11.5 Å². The van der Waals surface area contributed by atoms with E-state index in [0.717, 1.165) is 16.6 Å². The van der Waals surface area contributed by atoms with Gasteiger partial charge in [0.05, 0.1) is 36.5 Å². The summed E-state index contributed by atoms with van der Waals surface area (Å²) < 4.78 is 25.2. The van der Waals surface area contributed by atoms with Crippen LogP contribution in [0.15, 0.2) is 67.5 Å². The number of carbonyl (C=O) groups excluding carboxylic acids is 1. The van der Waals surface area contributed by atoms with Gasteiger partial charge in [0.2, 0.25) is 11.9 Å². The zero-order chi connectivity index (χ0) is 26.6. The third-order valence-corrected chi connectivity index (χ3v) is 6.97. The molecule has 1 aliphatic carbocycles. The lowest BCUT2D eigenvalue weighted by molar-refractivity contribution is -0.111. The van der Waals surface area contributed by atoms with E-state index in [9.17, 15) is 9.00 Å². The van der Waals surface area contributed by atoms with E-state index in [2.05, 4.69) is 51.2 Å². The van der Waals surface area contributed by atoms with Crippen molar-refractivity contribution in [2.24, 2.45) is 0 Å². The van der Waals surface area contributed by atoms with Crippen molar-refractivity contribution in [2.45, 2.75) is 18.9 Å². The number of carbonyl (C=O) groups is 1. The molecule has 0 bridgehead atoms. The van der Waals surface area contributed by atoms with E-state index in [1.807, 2.05) is 12.1 Å². The van der Waals surface area contributed by atoms with Gasteiger partial charge in [-0.25, -0.2) is 9.97 Å². The van der Waals surface area contributed by atoms with Crippen LogP contribution in [0.1, 0.15) is 18.9 Å². The first kappa shape index (κ1) is 25.5. The number of para-hydroxylation sites is 1. The highest BCUT2D eigenvalue weighted by molar-refractivity contribution is 7.84. The molecule has 9 nitrogen and oxygen atoms in total. The average Bonchev–Trinajstić information content (AvgIpc) is 3.69. The van der Waals surface area contributed by atoms with Gasteiger partial charge < -0.3 is 24.7 Å². The highest BCUT2D eigenvalue weighted by atomic mass is 32.2. The number of methoxy groups -OCH3 is 1. The fraction of sp³-hybridized carbons (Fsp3) is 0.250. The molecule has 2 aromatic carbocycles. The van der Waals surface area contributed by atoms with Crippen molar-refractivity contribution in [3.05, 3.63) is 67.5 Å². The molecule has 1 aliphatic rings. The first-order chi connectivity index (χ1) is 18.5. The topological polar surface area (TPSA) is 107 Å². The van der Waals surface area contributed by atoms with Gasteiger partial charge in [0.25, 0.3) is 0 Å². The van der Waals surface area contributed by atoms with Gasteiger partial charge in [0, 0.05) is 58.0 Å². The maximum absolute atomic E-state index is 12.1. The first-order valence-electron chi connectivity index (χ1n) is 12.2. The number of nitrogens with zero attached hydrogens (tertiary/aromatic N) is 3. The van der Waals surface area contributed by atoms with Crippen molar-refractivity contribution in [1.29, 1.82) is 0 Å². The third-order valence-electron chi connectivity index (χ3n) is 6.23. The predicted molar refractivity (Wildman–Crippen MR) is 151 cm³/mol. The van der Waals surface area contributed by atoms with Crippen LogP contribution in [0.5, 0.6) is 11.5 Å². The summed E-state index contributed by atoms with van der Waals surface area (Å²) in [6, 6.07) is 14.1. The first-order valence-corrected chi connectivity index (χ1v) is 14.0. The van der Waals surface area contributed by atoms with Crippen LogP contribution in [-0.2, 0) is 15.6 Å². The summed E-state index contributed by atoms with van der Waals surface area (Å²) in [5.41, 5.74) is 3.98. The quantitative estimate of drug-likeness (QED) is 0.260. The van der Waals surface area contributed by atoms with Crippen LogP contribution in [0.2, 0.25) is 0 Å². The van der Waals surface area contributed by atoms with E-state index in [1.54, 1.807) is 24.6 Å². The van der Waals surface area contributed by atoms with Gasteiger partial charge in [-0.1, -0.05) is 24.8 Å². The van der Waals surface area contributed by atoms with Crippen molar-refractivity contribution < 1.29 is 18.5 Å². The second-order valence-electron chi connectivity index (χ2n) is 8.96. The van der Waals surface area contributed by atoms with Crippen LogP contribution in [0.4, 0.5) is 17.3 Å². The number of amides is 1. The summed E-state index contributed by atoms with van der Waals surface area (Å²) in [6.07, 6.45) is 9.04. The van der Waals surface area contributed by atoms with E-state index in [-0.39, 0.29) is 6.61 Å². The van der Waals surface area contributed by atoms with Crippen LogP contribution in [0.25, 0.3) is 22.2 Å². The normalized spacial score (nSPS) is 13.6. The number of anilines is 3. The van der Waals surface area contributed by atoms with E-state index >= 15 is 0 Å². The molecule has 2 heterocycles. The standard InChI is InChI=1S/C28H29N5O4S/c1-4-27(34)30-23-15-22(25(36-2)16-26(23)37-13-14-38(3)35)32-28-29-12-11-21(31-28)20-17-33(18-9-10-18)24-8-6-5-7-19(20)24/h4-8,11-12,15-18H,1,9-10,13-14H2,2-3H3,(H,30,34)(H,29,31,32). The number of benzene rings is 2. The monoisotopic (exact) mass is 531 g/mol. The van der Waals surface area contributed by atoms with Crippen molar-refractivity contribution in [3.8, 4) is 22.8 Å². The molecule has 38 heavy (non-hydrogen) atoms. The fourth-order valence-corrected chi connectivity index (χ4v) is 4.57. The highest BCUT2D eigenvalue weighted by Crippen LogP contribution is 2.41. The molecule has 1 amide bonds. The Morgan fingerprint density at radius 1 is 1.21 bits per heavy atom. The minimum atomic E-state index is -1.01. The molecule has 0 spiro atoms. The van der Waals surface area contributed by atoms with Crippen molar-refractivity contribution >= 4 is 44.9 Å². The smallest absolute Gasteiger partial charge is 0.247 e. The molecular formula is C28H29N5O4S. The Bertz CT molecular complexity index is 1530. The van der Waals surface area contributed by atoms with E-state index < -0.39 is 16.7 Å². The molecule has 1 saturated carbocycles. The predicted octanol–water partition coefficient (Wildman–Crippen LogP) is 5.07. The summed E-state index contributed by atoms with van der Waals surface area (Å²) >= 11 is 0. The van der Waals surface area contributed by atoms with Crippen molar-refractivity contribution in [2.75, 3.05) is 36.4 Å². The molecule has 0 saturated heterocycles. The van der Waals surface area contributed by atoms with E-state index in [1.165, 1.54) is 31.5 Å². The number of nitrogens with one attached hydrogen (secondary N) is 2. The van der Waals surface area contributed by atoms with Crippen LogP contribution >= 0.6 is 0 Å². The number of hydrogen-bond acceptors (Lipinski definition) is 7. The SMILES string of the molecule is C=CC(=O)Nc1cc(Nc2nccc(-c3cn(C4CC4)c4ccccc34)n2)c(OC)cc1OCCS(C)=O. The van der Waals surface area contributed by atoms with Gasteiger partial charge in [0.15, 0.2) is 0 Å². The lowest BCUT2D eigenvalue weighted by Gasteiger charge is -2.17. The number of hydrogen-bond donors (Lipinski definition) is 2. The molecule has 0 radical (unpaired) electrons. The van der Waals surface area contributed by atoms with Crippen LogP contribution in [0.3, 0.4) is 0 Å². The minimum Gasteiger partial charge on any atom is -0.494 e. The molecule has 10 heteroatoms. The van der Waals surface area contributed by atoms with Crippen LogP contribution in [-0.4, -0.2) is 50.4 Å². The summed E-state index contributed by atoms with van der Waals surface area (Å²) in [7, 11) is 0.528. The van der Waals surface area contributed by atoms with Gasteiger partial charge in [-0.05, 0) is 37.1 Å². The zero-order valence-corrected chi connectivity index (χ0v) is 22.1. The molecular weight excluding hydrogens is 502 g/mol. The van der Waals surface area contributed by atoms with Gasteiger partial charge in [-0.2, -0.15) is 0 Å². The second kappa shape index (κ2) is 11.1. The Labute approximate surface area is 223 Å². The number of fused-ring (bicyclic) bond motifs is 1. The van der Waals surface area contributed by atoms with Gasteiger partial charge in [-0.3, -0.25) is 9.00 Å². The second-order valence-corrected chi connectivity index (χ2v) is 10.5. The molecule has 1 fully saturated rings. The molecule has 196 valence electrons. The fourth-order valence-electron chi connectivity index (χ4n) is 4.25. The summed E-state index contributed by atoms with van der Waals surface area (Å²) in [4.78, 5) is 21.3. The van der Waals surface area contributed by atoms with Crippen molar-refractivity contribution in [1.82, 2.24) is 14.5 Å². The maximum Gasteiger partial charge on any atom is 0.247 e. The number of rotatable bonds is 11. The molecule has 2 aromatic heterocycles. The lowest BCUT2D eigenvalue weighted by atomic mass is 10.1. The lowest BCUT2D eigenvalue weighted by Crippen LogP contribution is -2.12. The molecule has 1 unspecified atom stereocenters. The minimum absolute atomic E-state index is 0.218. The van der Waals surface area contributed by atoms with Gasteiger partial charge >= 0.3 is 0 Å². The van der Waals surface area contributed by atoms with Gasteiger partial charge in [-0.15, -0.1) is 0 Å². The Morgan fingerprint density at radius 2 is 2.03 bits per heavy atom. The van der Waals surface area contributed by atoms with Crippen LogP contribution in [0, 0.1) is 0 Å². The Morgan fingerprint density at radius 3 is 2.76 bits per heavy atom. The zero-order valence-electron chi connectivity index (χ0n) is 21.3. The molecule has 1 atom stereocenters. The number of aromatic nitrogens is 3. The molecule has 5 rings (SSSR count). The number of ether oxygens (including phenoxy) is 2. The largest absolute Gasteiger partial charge is 0.494 e. The highest BCUT2D eigenvalue weighted by Gasteiger charge is 2.26. The summed E-state index contributed by atoms with van der Waals surface area (Å²) in [5.74, 6) is 1.19. The molecule has 4 aromatic rings. The summed E-state index contributed by atoms with van der Waals surface area (Å²) in [6.45, 7) is 3.73. The maximum atomic E-state index is 12.1. The molecule has 0 aliphatic heterocycles. The molecule has 2 N–H and O–H groups in total. The Balaban J connectivity index is 1.48. The van der Waals surface area contributed by atoms with E-state index in [4.69, 9.17) is 14.5 Å². The summed E-state index contributed by atoms with van der Waals surface area (Å²) in [5, 5.41) is 7.12. The van der Waals surface area contributed by atoms with Crippen LogP contribution < -0.4 is 20.1 Å². The van der Waals surface area contributed by atoms with Crippen molar-refractivity contribution in [3.63, 3.8) is 0 Å². The average molecular weight is 532 g/mol. The Hall–Kier alpha value is -4.18. The van der Waals surface area contributed by atoms with E-state index in [0.29, 0.717) is 40.6 Å². The third kappa shape index (κ3) is 5.55.